The van der Waals surface area contributed by atoms with E-state index in [1.807, 2.05) is 0 Å². The Hall–Kier alpha value is -1.19. The molecular weight excluding hydrogens is 300 g/mol. The predicted molar refractivity (Wildman–Crippen MR) is 91.9 cm³/mol. The van der Waals surface area contributed by atoms with Crippen molar-refractivity contribution in [2.45, 2.75) is 31.7 Å². The van der Waals surface area contributed by atoms with Gasteiger partial charge in [-0.2, -0.15) is 0 Å². The van der Waals surface area contributed by atoms with Gasteiger partial charge in [-0.25, -0.2) is 0 Å². The molecule has 0 amide bonds. The molecule has 1 unspecified atom stereocenters. The van der Waals surface area contributed by atoms with Crippen LogP contribution in [0.3, 0.4) is 0 Å². The van der Waals surface area contributed by atoms with Gasteiger partial charge < -0.3 is 10.2 Å². The molecule has 1 aliphatic carbocycles. The van der Waals surface area contributed by atoms with E-state index in [0.717, 1.165) is 10.8 Å². The van der Waals surface area contributed by atoms with Crippen molar-refractivity contribution in [3.8, 4) is 0 Å². The second-order valence-corrected chi connectivity index (χ2v) is 7.64. The summed E-state index contributed by atoms with van der Waals surface area (Å²) in [6, 6.07) is 11.3. The van der Waals surface area contributed by atoms with Gasteiger partial charge in [0.05, 0.1) is 21.8 Å². The number of nitrogens with zero attached hydrogens (tertiary/aromatic N) is 1. The quantitative estimate of drug-likeness (QED) is 0.846. The number of aryl methyl sites for hydroxylation is 1. The van der Waals surface area contributed by atoms with Gasteiger partial charge in [0.15, 0.2) is 0 Å². The predicted octanol–water partition coefficient (Wildman–Crippen LogP) is 5.10. The molecule has 1 N–H and O–H groups in total. The van der Waals surface area contributed by atoms with E-state index in [1.165, 1.54) is 54.2 Å². The van der Waals surface area contributed by atoms with Gasteiger partial charge in [-0.1, -0.05) is 23.7 Å². The molecule has 1 aromatic heterocycles. The van der Waals surface area contributed by atoms with Crippen molar-refractivity contribution in [1.29, 1.82) is 0 Å². The average molecular weight is 319 g/mol. The van der Waals surface area contributed by atoms with Crippen LogP contribution in [-0.4, -0.2) is 13.1 Å². The fourth-order valence-corrected chi connectivity index (χ4v) is 4.85. The number of fused-ring (bicyclic) bond motifs is 1. The van der Waals surface area contributed by atoms with Crippen molar-refractivity contribution >= 4 is 34.3 Å². The first-order valence-electron chi connectivity index (χ1n) is 7.70. The summed E-state index contributed by atoms with van der Waals surface area (Å²) in [5, 5.41) is 3.76. The van der Waals surface area contributed by atoms with Crippen molar-refractivity contribution in [2.75, 3.05) is 23.3 Å². The maximum absolute atomic E-state index is 6.16. The minimum atomic E-state index is 0.410. The fraction of sp³-hybridized carbons (Fsp3) is 0.412. The molecule has 110 valence electrons. The smallest absolute Gasteiger partial charge is 0.0934 e. The third-order valence-corrected chi connectivity index (χ3v) is 5.87. The highest BCUT2D eigenvalue weighted by Gasteiger charge is 2.26. The first kappa shape index (κ1) is 13.5. The number of hydrogen-bond acceptors (Lipinski definition) is 3. The van der Waals surface area contributed by atoms with E-state index >= 15 is 0 Å². The number of benzene rings is 1. The number of para-hydroxylation sites is 2. The van der Waals surface area contributed by atoms with Crippen LogP contribution >= 0.6 is 22.9 Å². The van der Waals surface area contributed by atoms with Crippen LogP contribution in [0.5, 0.6) is 0 Å². The highest BCUT2D eigenvalue weighted by molar-refractivity contribution is 7.16. The summed E-state index contributed by atoms with van der Waals surface area (Å²) in [5.74, 6) is 0. The number of halogens is 1. The molecule has 4 heteroatoms. The molecule has 0 spiro atoms. The lowest BCUT2D eigenvalue weighted by Crippen LogP contribution is -2.20. The Labute approximate surface area is 134 Å². The summed E-state index contributed by atoms with van der Waals surface area (Å²) >= 11 is 7.90. The Morgan fingerprint density at radius 1 is 1.19 bits per heavy atom. The van der Waals surface area contributed by atoms with Crippen LogP contribution in [-0.2, 0) is 6.42 Å². The lowest BCUT2D eigenvalue weighted by molar-refractivity contribution is 0.761. The molecule has 1 atom stereocenters. The van der Waals surface area contributed by atoms with Crippen molar-refractivity contribution < 1.29 is 0 Å². The summed E-state index contributed by atoms with van der Waals surface area (Å²) in [6.45, 7) is 2.36. The molecule has 1 aromatic carbocycles. The van der Waals surface area contributed by atoms with Crippen molar-refractivity contribution in [2.24, 2.45) is 0 Å². The van der Waals surface area contributed by atoms with Crippen molar-refractivity contribution in [3.05, 3.63) is 45.1 Å². The minimum absolute atomic E-state index is 0.410. The second-order valence-electron chi connectivity index (χ2n) is 5.88. The SMILES string of the molecule is Clc1cc2c(s1)CCC2Nc1ccccc1N1CCCC1. The molecule has 1 fully saturated rings. The lowest BCUT2D eigenvalue weighted by Gasteiger charge is -2.24. The Morgan fingerprint density at radius 2 is 2.00 bits per heavy atom. The minimum Gasteiger partial charge on any atom is -0.377 e. The standard InChI is InChI=1S/C17H19ClN2S/c18-17-11-12-13(7-8-16(12)21-17)19-14-5-1-2-6-15(14)20-9-3-4-10-20/h1-2,5-6,11,13,19H,3-4,7-10H2. The normalized spacial score (nSPS) is 20.8. The molecule has 0 bridgehead atoms. The van der Waals surface area contributed by atoms with Gasteiger partial charge in [0.2, 0.25) is 0 Å². The van der Waals surface area contributed by atoms with Gasteiger partial charge >= 0.3 is 0 Å². The monoisotopic (exact) mass is 318 g/mol. The Kier molecular flexibility index (Phi) is 3.56. The van der Waals surface area contributed by atoms with Crippen LogP contribution in [0.4, 0.5) is 11.4 Å². The van der Waals surface area contributed by atoms with E-state index < -0.39 is 0 Å². The summed E-state index contributed by atoms with van der Waals surface area (Å²) in [6.07, 6.45) is 4.94. The van der Waals surface area contributed by atoms with Crippen molar-refractivity contribution in [1.82, 2.24) is 0 Å². The van der Waals surface area contributed by atoms with Crippen LogP contribution in [0.1, 0.15) is 35.7 Å². The van der Waals surface area contributed by atoms with E-state index in [9.17, 15) is 0 Å². The summed E-state index contributed by atoms with van der Waals surface area (Å²) in [4.78, 5) is 3.95. The zero-order chi connectivity index (χ0) is 14.2. The molecule has 2 aliphatic rings. The molecule has 1 aliphatic heterocycles. The van der Waals surface area contributed by atoms with E-state index in [1.54, 1.807) is 11.3 Å². The average Bonchev–Trinajstić information content (AvgIpc) is 3.18. The Balaban J connectivity index is 1.60. The number of anilines is 2. The molecular formula is C17H19ClN2S. The zero-order valence-electron chi connectivity index (χ0n) is 11.9. The summed E-state index contributed by atoms with van der Waals surface area (Å²) in [7, 11) is 0. The van der Waals surface area contributed by atoms with E-state index in [0.29, 0.717) is 6.04 Å². The molecule has 0 saturated carbocycles. The maximum atomic E-state index is 6.16. The van der Waals surface area contributed by atoms with E-state index in [-0.39, 0.29) is 0 Å². The first-order valence-corrected chi connectivity index (χ1v) is 8.89. The molecule has 0 radical (unpaired) electrons. The lowest BCUT2D eigenvalue weighted by atomic mass is 10.1. The van der Waals surface area contributed by atoms with Gasteiger partial charge in [0, 0.05) is 18.0 Å². The van der Waals surface area contributed by atoms with E-state index in [4.69, 9.17) is 11.6 Å². The molecule has 1 saturated heterocycles. The van der Waals surface area contributed by atoms with Gasteiger partial charge in [0.25, 0.3) is 0 Å². The topological polar surface area (TPSA) is 15.3 Å². The van der Waals surface area contributed by atoms with Crippen molar-refractivity contribution in [3.63, 3.8) is 0 Å². The number of rotatable bonds is 3. The van der Waals surface area contributed by atoms with Crippen LogP contribution in [0.25, 0.3) is 0 Å². The van der Waals surface area contributed by atoms with Gasteiger partial charge in [0.1, 0.15) is 0 Å². The van der Waals surface area contributed by atoms with Gasteiger partial charge in [-0.3, -0.25) is 0 Å². The fourth-order valence-electron chi connectivity index (χ4n) is 3.50. The van der Waals surface area contributed by atoms with Gasteiger partial charge in [-0.15, -0.1) is 11.3 Å². The molecule has 2 nitrogen and oxygen atoms in total. The molecule has 2 aromatic rings. The highest BCUT2D eigenvalue weighted by atomic mass is 35.5. The first-order chi connectivity index (χ1) is 10.3. The molecule has 4 rings (SSSR count). The summed E-state index contributed by atoms with van der Waals surface area (Å²) in [5.41, 5.74) is 4.02. The number of thiophene rings is 1. The zero-order valence-corrected chi connectivity index (χ0v) is 13.5. The Morgan fingerprint density at radius 3 is 2.86 bits per heavy atom. The number of nitrogens with one attached hydrogen (secondary N) is 1. The molecule has 2 heterocycles. The van der Waals surface area contributed by atoms with Crippen LogP contribution < -0.4 is 10.2 Å². The largest absolute Gasteiger partial charge is 0.377 e. The third-order valence-electron chi connectivity index (χ3n) is 4.53. The summed E-state index contributed by atoms with van der Waals surface area (Å²) < 4.78 is 0.916. The Bertz CT molecular complexity index is 646. The van der Waals surface area contributed by atoms with Crippen LogP contribution in [0, 0.1) is 0 Å². The van der Waals surface area contributed by atoms with Crippen LogP contribution in [0.2, 0.25) is 4.34 Å². The van der Waals surface area contributed by atoms with Gasteiger partial charge in [-0.05, 0) is 49.4 Å². The van der Waals surface area contributed by atoms with E-state index in [2.05, 4.69) is 40.5 Å². The highest BCUT2D eigenvalue weighted by Crippen LogP contribution is 2.42. The van der Waals surface area contributed by atoms with Crippen LogP contribution in [0.15, 0.2) is 30.3 Å². The second kappa shape index (κ2) is 5.54. The molecule has 21 heavy (non-hydrogen) atoms. The maximum Gasteiger partial charge on any atom is 0.0934 e. The third kappa shape index (κ3) is 2.53. The number of hydrogen-bond donors (Lipinski definition) is 1.